The van der Waals surface area contributed by atoms with Crippen molar-refractivity contribution in [3.8, 4) is 0 Å². The molecule has 16 heavy (non-hydrogen) atoms. The van der Waals surface area contributed by atoms with E-state index in [1.165, 1.54) is 5.01 Å². The zero-order valence-electron chi connectivity index (χ0n) is 7.90. The van der Waals surface area contributed by atoms with Crippen molar-refractivity contribution in [2.75, 3.05) is 5.01 Å². The van der Waals surface area contributed by atoms with Gasteiger partial charge in [-0.05, 0) is 39.7 Å². The Balaban J connectivity index is 2.39. The van der Waals surface area contributed by atoms with E-state index in [2.05, 4.69) is 26.0 Å². The SMILES string of the molecule is O=C(Cl)C1CC(Br)=NN1c1ncccc1Cl. The predicted molar refractivity (Wildman–Crippen MR) is 67.4 cm³/mol. The number of hydrogen-bond donors (Lipinski definition) is 0. The lowest BCUT2D eigenvalue weighted by atomic mass is 10.2. The fourth-order valence-corrected chi connectivity index (χ4v) is 2.25. The second-order valence-corrected chi connectivity index (χ2v) is 4.85. The molecule has 1 aromatic heterocycles. The molecule has 0 bridgehead atoms. The lowest BCUT2D eigenvalue weighted by molar-refractivity contribution is -0.112. The van der Waals surface area contributed by atoms with Crippen LogP contribution in [0.5, 0.6) is 0 Å². The number of anilines is 1. The van der Waals surface area contributed by atoms with Gasteiger partial charge in [0.05, 0.1) is 5.02 Å². The summed E-state index contributed by atoms with van der Waals surface area (Å²) < 4.78 is 0.646. The quantitative estimate of drug-likeness (QED) is 0.786. The van der Waals surface area contributed by atoms with E-state index >= 15 is 0 Å². The summed E-state index contributed by atoms with van der Waals surface area (Å²) in [5.74, 6) is 0.428. The molecule has 0 amide bonds. The van der Waals surface area contributed by atoms with Gasteiger partial charge in [-0.2, -0.15) is 5.10 Å². The molecular weight excluding hydrogens is 317 g/mol. The van der Waals surface area contributed by atoms with Crippen LogP contribution in [0.15, 0.2) is 23.4 Å². The van der Waals surface area contributed by atoms with Crippen LogP contribution in [0.25, 0.3) is 0 Å². The second kappa shape index (κ2) is 4.69. The average molecular weight is 323 g/mol. The van der Waals surface area contributed by atoms with Crippen molar-refractivity contribution in [3.05, 3.63) is 23.4 Å². The zero-order chi connectivity index (χ0) is 11.7. The van der Waals surface area contributed by atoms with Gasteiger partial charge in [0.25, 0.3) is 0 Å². The smallest absolute Gasteiger partial charge is 0.246 e. The highest BCUT2D eigenvalue weighted by Gasteiger charge is 2.33. The molecule has 1 aliphatic rings. The Hall–Kier alpha value is -0.650. The van der Waals surface area contributed by atoms with Gasteiger partial charge in [-0.1, -0.05) is 11.6 Å². The van der Waals surface area contributed by atoms with Gasteiger partial charge in [-0.15, -0.1) is 0 Å². The van der Waals surface area contributed by atoms with Crippen LogP contribution in [-0.2, 0) is 4.79 Å². The van der Waals surface area contributed by atoms with Crippen LogP contribution < -0.4 is 5.01 Å². The largest absolute Gasteiger partial charge is 0.279 e. The molecular formula is C9H6BrCl2N3O. The molecule has 1 aliphatic heterocycles. The summed E-state index contributed by atoms with van der Waals surface area (Å²) in [7, 11) is 0. The van der Waals surface area contributed by atoms with Crippen molar-refractivity contribution in [1.29, 1.82) is 0 Å². The standard InChI is InChI=1S/C9H6BrCl2N3O/c10-7-4-6(8(12)16)15(14-7)9-5(11)2-1-3-13-9/h1-3,6H,4H2. The molecule has 84 valence electrons. The molecule has 7 heteroatoms. The van der Waals surface area contributed by atoms with Gasteiger partial charge in [-0.3, -0.25) is 4.79 Å². The number of aromatic nitrogens is 1. The number of hydrazone groups is 1. The highest BCUT2D eigenvalue weighted by atomic mass is 79.9. The first-order valence-electron chi connectivity index (χ1n) is 4.41. The normalized spacial score (nSPS) is 19.8. The van der Waals surface area contributed by atoms with Crippen molar-refractivity contribution in [1.82, 2.24) is 4.98 Å². The number of halogens is 3. The maximum atomic E-state index is 11.2. The van der Waals surface area contributed by atoms with Crippen LogP contribution >= 0.6 is 39.1 Å². The van der Waals surface area contributed by atoms with Crippen molar-refractivity contribution >= 4 is 54.8 Å². The van der Waals surface area contributed by atoms with E-state index in [-0.39, 0.29) is 0 Å². The van der Waals surface area contributed by atoms with Crippen LogP contribution in [0.3, 0.4) is 0 Å². The Morgan fingerprint density at radius 1 is 1.62 bits per heavy atom. The second-order valence-electron chi connectivity index (χ2n) is 3.15. The maximum Gasteiger partial charge on any atom is 0.246 e. The van der Waals surface area contributed by atoms with E-state index in [1.807, 2.05) is 0 Å². The third-order valence-electron chi connectivity index (χ3n) is 2.09. The Morgan fingerprint density at radius 3 is 3.00 bits per heavy atom. The molecule has 1 atom stereocenters. The van der Waals surface area contributed by atoms with Crippen molar-refractivity contribution in [2.24, 2.45) is 5.10 Å². The molecule has 2 rings (SSSR count). The Labute approximate surface area is 110 Å². The third-order valence-corrected chi connectivity index (χ3v) is 3.12. The van der Waals surface area contributed by atoms with Gasteiger partial charge in [0, 0.05) is 12.6 Å². The van der Waals surface area contributed by atoms with E-state index in [4.69, 9.17) is 23.2 Å². The number of pyridine rings is 1. The molecule has 0 fully saturated rings. The highest BCUT2D eigenvalue weighted by molar-refractivity contribution is 9.18. The minimum atomic E-state index is -0.552. The first kappa shape index (κ1) is 11.8. The fraction of sp³-hybridized carbons (Fsp3) is 0.222. The summed E-state index contributed by atoms with van der Waals surface area (Å²) in [6, 6.07) is 2.84. The van der Waals surface area contributed by atoms with E-state index < -0.39 is 11.3 Å². The fourth-order valence-electron chi connectivity index (χ4n) is 1.39. The summed E-state index contributed by atoms with van der Waals surface area (Å²) >= 11 is 14.7. The number of carbonyl (C=O) groups is 1. The molecule has 0 saturated carbocycles. The molecule has 0 aliphatic carbocycles. The third kappa shape index (κ3) is 2.21. The Morgan fingerprint density at radius 2 is 2.38 bits per heavy atom. The van der Waals surface area contributed by atoms with Crippen molar-refractivity contribution < 1.29 is 4.79 Å². The van der Waals surface area contributed by atoms with Gasteiger partial charge in [0.1, 0.15) is 10.7 Å². The monoisotopic (exact) mass is 321 g/mol. The summed E-state index contributed by atoms with van der Waals surface area (Å²) in [5.41, 5.74) is 0. The molecule has 0 radical (unpaired) electrons. The van der Waals surface area contributed by atoms with Crippen molar-refractivity contribution in [3.63, 3.8) is 0 Å². The molecule has 0 spiro atoms. The first-order chi connectivity index (χ1) is 7.59. The summed E-state index contributed by atoms with van der Waals surface area (Å²) in [6.45, 7) is 0. The van der Waals surface area contributed by atoms with Gasteiger partial charge < -0.3 is 0 Å². The van der Waals surface area contributed by atoms with Crippen LogP contribution in [0.2, 0.25) is 5.02 Å². The minimum absolute atomic E-state index is 0.426. The number of nitrogens with zero attached hydrogens (tertiary/aromatic N) is 3. The van der Waals surface area contributed by atoms with Gasteiger partial charge in [-0.25, -0.2) is 9.99 Å². The molecule has 4 nitrogen and oxygen atoms in total. The molecule has 1 unspecified atom stereocenters. The van der Waals surface area contributed by atoms with E-state index in [0.717, 1.165) is 0 Å². The van der Waals surface area contributed by atoms with E-state index in [9.17, 15) is 4.79 Å². The predicted octanol–water partition coefficient (Wildman–Crippen LogP) is 2.79. The van der Waals surface area contributed by atoms with Crippen LogP contribution in [-0.4, -0.2) is 20.9 Å². The van der Waals surface area contributed by atoms with E-state index in [0.29, 0.717) is 21.9 Å². The molecule has 2 heterocycles. The highest BCUT2D eigenvalue weighted by Crippen LogP contribution is 2.30. The van der Waals surface area contributed by atoms with Crippen LogP contribution in [0.4, 0.5) is 5.82 Å². The van der Waals surface area contributed by atoms with Gasteiger partial charge >= 0.3 is 0 Å². The van der Waals surface area contributed by atoms with Crippen molar-refractivity contribution in [2.45, 2.75) is 12.5 Å². The Bertz CT molecular complexity index is 466. The van der Waals surface area contributed by atoms with Crippen LogP contribution in [0, 0.1) is 0 Å². The van der Waals surface area contributed by atoms with Gasteiger partial charge in [0.15, 0.2) is 5.82 Å². The summed E-state index contributed by atoms with van der Waals surface area (Å²) in [6.07, 6.45) is 2.01. The topological polar surface area (TPSA) is 45.6 Å². The lowest BCUT2D eigenvalue weighted by Crippen LogP contribution is -2.32. The molecule has 0 saturated heterocycles. The first-order valence-corrected chi connectivity index (χ1v) is 5.96. The average Bonchev–Trinajstić information content (AvgIpc) is 2.61. The zero-order valence-corrected chi connectivity index (χ0v) is 11.0. The van der Waals surface area contributed by atoms with E-state index in [1.54, 1.807) is 18.3 Å². The Kier molecular flexibility index (Phi) is 3.47. The lowest BCUT2D eigenvalue weighted by Gasteiger charge is -2.19. The summed E-state index contributed by atoms with van der Waals surface area (Å²) in [5, 5.41) is 5.51. The summed E-state index contributed by atoms with van der Waals surface area (Å²) in [4.78, 5) is 15.3. The van der Waals surface area contributed by atoms with Crippen LogP contribution in [0.1, 0.15) is 6.42 Å². The number of hydrogen-bond acceptors (Lipinski definition) is 4. The molecule has 1 aromatic rings. The molecule has 0 aromatic carbocycles. The maximum absolute atomic E-state index is 11.2. The van der Waals surface area contributed by atoms with Gasteiger partial charge in [0.2, 0.25) is 5.24 Å². The number of carbonyl (C=O) groups excluding carboxylic acids is 1. The number of rotatable bonds is 2. The molecule has 0 N–H and O–H groups in total. The minimum Gasteiger partial charge on any atom is -0.279 e.